The van der Waals surface area contributed by atoms with Crippen molar-refractivity contribution in [2.75, 3.05) is 0 Å². The average Bonchev–Trinajstić information content (AvgIpc) is 2.40. The first-order valence-corrected chi connectivity index (χ1v) is 5.09. The Labute approximate surface area is 97.9 Å². The zero-order valence-electron chi connectivity index (χ0n) is 8.90. The third-order valence-corrected chi connectivity index (χ3v) is 2.49. The van der Waals surface area contributed by atoms with Crippen molar-refractivity contribution in [1.82, 2.24) is 0 Å². The molecule has 0 N–H and O–H groups in total. The van der Waals surface area contributed by atoms with Gasteiger partial charge in [-0.2, -0.15) is 14.0 Å². The summed E-state index contributed by atoms with van der Waals surface area (Å²) >= 11 is 0. The zero-order chi connectivity index (χ0) is 12.3. The molecule has 84 valence electrons. The minimum absolute atomic E-state index is 0.256. The molecule has 0 bridgehead atoms. The maximum Gasteiger partial charge on any atom is 0.358 e. The first kappa shape index (κ1) is 11.3. The molecule has 0 saturated heterocycles. The summed E-state index contributed by atoms with van der Waals surface area (Å²) in [6.45, 7) is 0. The molecule has 0 radical (unpaired) electrons. The van der Waals surface area contributed by atoms with Gasteiger partial charge in [0.25, 0.3) is 0 Å². The smallest absolute Gasteiger partial charge is 0.191 e. The number of halogens is 2. The zero-order valence-corrected chi connectivity index (χ0v) is 8.90. The van der Waals surface area contributed by atoms with Gasteiger partial charge in [0.15, 0.2) is 0 Å². The van der Waals surface area contributed by atoms with Crippen LogP contribution in [0.2, 0.25) is 0 Å². The molecule has 2 rings (SSSR count). The Morgan fingerprint density at radius 1 is 0.882 bits per heavy atom. The summed E-state index contributed by atoms with van der Waals surface area (Å²) in [6.07, 6.45) is 0. The monoisotopic (exact) mass is 229 g/mol. The van der Waals surface area contributed by atoms with Gasteiger partial charge in [0.05, 0.1) is 0 Å². The number of alkyl halides is 2. The van der Waals surface area contributed by atoms with Gasteiger partial charge in [-0.15, -0.1) is 0 Å². The Balaban J connectivity index is 2.61. The fourth-order valence-corrected chi connectivity index (χ4v) is 1.69. The molecule has 0 fully saturated rings. The molecule has 0 aliphatic carbocycles. The maximum atomic E-state index is 13.5. The lowest BCUT2D eigenvalue weighted by Crippen LogP contribution is -2.11. The van der Waals surface area contributed by atoms with Gasteiger partial charge in [-0.05, 0) is 11.1 Å². The van der Waals surface area contributed by atoms with Crippen LogP contribution < -0.4 is 0 Å². The van der Waals surface area contributed by atoms with E-state index >= 15 is 0 Å². The van der Waals surface area contributed by atoms with Gasteiger partial charge in [-0.25, -0.2) is 0 Å². The van der Waals surface area contributed by atoms with Gasteiger partial charge in [-0.1, -0.05) is 54.6 Å². The lowest BCUT2D eigenvalue weighted by molar-refractivity contribution is 0.0619. The number of hydrogen-bond acceptors (Lipinski definition) is 1. The quantitative estimate of drug-likeness (QED) is 0.764. The third-order valence-electron chi connectivity index (χ3n) is 2.49. The first-order chi connectivity index (χ1) is 8.15. The van der Waals surface area contributed by atoms with Crippen molar-refractivity contribution in [3.63, 3.8) is 0 Å². The van der Waals surface area contributed by atoms with Crippen LogP contribution in [0.15, 0.2) is 54.6 Å². The summed E-state index contributed by atoms with van der Waals surface area (Å²) in [5.74, 6) is -3.47. The standard InChI is InChI=1S/C14H9F2N/c15-14(16,10-17)13-9-5-4-8-12(13)11-6-2-1-3-7-11/h1-9H. The van der Waals surface area contributed by atoms with E-state index in [9.17, 15) is 8.78 Å². The van der Waals surface area contributed by atoms with Crippen LogP contribution >= 0.6 is 0 Å². The van der Waals surface area contributed by atoms with Gasteiger partial charge in [0.2, 0.25) is 0 Å². The van der Waals surface area contributed by atoms with Gasteiger partial charge in [0, 0.05) is 5.56 Å². The van der Waals surface area contributed by atoms with E-state index in [0.29, 0.717) is 11.1 Å². The van der Waals surface area contributed by atoms with E-state index in [1.807, 2.05) is 6.07 Å². The molecular weight excluding hydrogens is 220 g/mol. The van der Waals surface area contributed by atoms with Crippen LogP contribution in [0.1, 0.15) is 5.56 Å². The molecule has 0 unspecified atom stereocenters. The summed E-state index contributed by atoms with van der Waals surface area (Å²) in [4.78, 5) is 0. The fourth-order valence-electron chi connectivity index (χ4n) is 1.69. The molecule has 0 spiro atoms. The largest absolute Gasteiger partial charge is 0.358 e. The van der Waals surface area contributed by atoms with Crippen LogP contribution in [-0.4, -0.2) is 0 Å². The van der Waals surface area contributed by atoms with Crippen LogP contribution in [0, 0.1) is 11.3 Å². The van der Waals surface area contributed by atoms with Crippen molar-refractivity contribution in [2.45, 2.75) is 5.92 Å². The second kappa shape index (κ2) is 4.34. The highest BCUT2D eigenvalue weighted by molar-refractivity contribution is 5.68. The predicted octanol–water partition coefficient (Wildman–Crippen LogP) is 3.97. The molecule has 0 heterocycles. The number of nitrogens with zero attached hydrogens (tertiary/aromatic N) is 1. The molecule has 2 aromatic rings. The Morgan fingerprint density at radius 3 is 2.12 bits per heavy atom. The number of nitriles is 1. The van der Waals surface area contributed by atoms with Crippen LogP contribution in [-0.2, 0) is 5.92 Å². The van der Waals surface area contributed by atoms with Gasteiger partial charge < -0.3 is 0 Å². The highest BCUT2D eigenvalue weighted by Crippen LogP contribution is 2.35. The number of benzene rings is 2. The average molecular weight is 229 g/mol. The summed E-state index contributed by atoms with van der Waals surface area (Å²) in [5.41, 5.74) is 0.811. The highest BCUT2D eigenvalue weighted by atomic mass is 19.3. The molecule has 0 aromatic heterocycles. The van der Waals surface area contributed by atoms with E-state index in [1.165, 1.54) is 12.1 Å². The van der Waals surface area contributed by atoms with Crippen molar-refractivity contribution < 1.29 is 8.78 Å². The topological polar surface area (TPSA) is 23.8 Å². The third kappa shape index (κ3) is 2.16. The van der Waals surface area contributed by atoms with E-state index in [4.69, 9.17) is 5.26 Å². The lowest BCUT2D eigenvalue weighted by atomic mass is 9.96. The second-order valence-electron chi connectivity index (χ2n) is 3.60. The minimum atomic E-state index is -3.47. The molecule has 0 aliphatic rings. The molecular formula is C14H9F2N. The summed E-state index contributed by atoms with van der Waals surface area (Å²) in [5, 5.41) is 8.52. The van der Waals surface area contributed by atoms with Gasteiger partial charge in [0.1, 0.15) is 6.07 Å². The first-order valence-electron chi connectivity index (χ1n) is 5.09. The molecule has 0 atom stereocenters. The van der Waals surface area contributed by atoms with E-state index in [-0.39, 0.29) is 5.56 Å². The number of rotatable bonds is 2. The highest BCUT2D eigenvalue weighted by Gasteiger charge is 2.33. The van der Waals surface area contributed by atoms with E-state index in [0.717, 1.165) is 6.07 Å². The summed E-state index contributed by atoms with van der Waals surface area (Å²) in [6, 6.07) is 15.9. The summed E-state index contributed by atoms with van der Waals surface area (Å²) < 4.78 is 26.9. The van der Waals surface area contributed by atoms with Gasteiger partial charge in [-0.3, -0.25) is 0 Å². The van der Waals surface area contributed by atoms with Crippen LogP contribution in [0.3, 0.4) is 0 Å². The lowest BCUT2D eigenvalue weighted by Gasteiger charge is -2.13. The predicted molar refractivity (Wildman–Crippen MR) is 61.4 cm³/mol. The Hall–Kier alpha value is -2.21. The van der Waals surface area contributed by atoms with Gasteiger partial charge >= 0.3 is 5.92 Å². The van der Waals surface area contributed by atoms with E-state index in [1.54, 1.807) is 36.4 Å². The summed E-state index contributed by atoms with van der Waals surface area (Å²) in [7, 11) is 0. The Kier molecular flexibility index (Phi) is 2.88. The Morgan fingerprint density at radius 2 is 1.47 bits per heavy atom. The molecule has 1 nitrogen and oxygen atoms in total. The van der Waals surface area contributed by atoms with E-state index in [2.05, 4.69) is 0 Å². The molecule has 0 amide bonds. The molecule has 2 aromatic carbocycles. The van der Waals surface area contributed by atoms with Crippen LogP contribution in [0.25, 0.3) is 11.1 Å². The SMILES string of the molecule is N#CC(F)(F)c1ccccc1-c1ccccc1. The molecule has 0 aliphatic heterocycles. The minimum Gasteiger partial charge on any atom is -0.191 e. The fraction of sp³-hybridized carbons (Fsp3) is 0.0714. The van der Waals surface area contributed by atoms with Crippen molar-refractivity contribution in [2.24, 2.45) is 0 Å². The van der Waals surface area contributed by atoms with Crippen molar-refractivity contribution in [3.8, 4) is 17.2 Å². The van der Waals surface area contributed by atoms with Crippen molar-refractivity contribution >= 4 is 0 Å². The second-order valence-corrected chi connectivity index (χ2v) is 3.60. The Bertz CT molecular complexity index is 556. The maximum absolute atomic E-state index is 13.5. The van der Waals surface area contributed by atoms with Crippen molar-refractivity contribution in [1.29, 1.82) is 5.26 Å². The van der Waals surface area contributed by atoms with Crippen molar-refractivity contribution in [3.05, 3.63) is 60.2 Å². The number of hydrogen-bond donors (Lipinski definition) is 0. The van der Waals surface area contributed by atoms with E-state index < -0.39 is 5.92 Å². The molecule has 3 heteroatoms. The molecule has 17 heavy (non-hydrogen) atoms. The molecule has 0 saturated carbocycles. The van der Waals surface area contributed by atoms with Crippen LogP contribution in [0.5, 0.6) is 0 Å². The normalized spacial score (nSPS) is 10.9. The van der Waals surface area contributed by atoms with Crippen LogP contribution in [0.4, 0.5) is 8.78 Å².